The minimum atomic E-state index is -0.141. The number of rotatable bonds is 10. The van der Waals surface area contributed by atoms with Gasteiger partial charge in [-0.15, -0.1) is 0 Å². The summed E-state index contributed by atoms with van der Waals surface area (Å²) < 4.78 is 11.1. The summed E-state index contributed by atoms with van der Waals surface area (Å²) in [6.07, 6.45) is 1.65. The predicted octanol–water partition coefficient (Wildman–Crippen LogP) is 3.11. The van der Waals surface area contributed by atoms with E-state index in [0.717, 1.165) is 23.4 Å². The van der Waals surface area contributed by atoms with Crippen LogP contribution in [0.5, 0.6) is 5.75 Å². The number of carbonyl (C=O) groups excluding carboxylic acids is 1. The lowest BCUT2D eigenvalue weighted by Gasteiger charge is -2.10. The molecule has 1 heterocycles. The first-order valence-electron chi connectivity index (χ1n) is 10.7. The van der Waals surface area contributed by atoms with E-state index in [4.69, 9.17) is 9.15 Å². The summed E-state index contributed by atoms with van der Waals surface area (Å²) in [6.45, 7) is 6.13. The summed E-state index contributed by atoms with van der Waals surface area (Å²) in [6, 6.07) is 17.3. The molecule has 1 aromatic heterocycles. The highest BCUT2D eigenvalue weighted by molar-refractivity contribution is 5.79. The van der Waals surface area contributed by atoms with Crippen molar-refractivity contribution in [3.05, 3.63) is 72.1 Å². The number of nitrogens with zero attached hydrogens (tertiary/aromatic N) is 2. The molecule has 0 radical (unpaired) electrons. The summed E-state index contributed by atoms with van der Waals surface area (Å²) in [5, 5.41) is 9.21. The first-order chi connectivity index (χ1) is 15.7. The van der Waals surface area contributed by atoms with Crippen LogP contribution in [0.3, 0.4) is 0 Å². The van der Waals surface area contributed by atoms with Gasteiger partial charge in [-0.05, 0) is 43.7 Å². The number of benzene rings is 2. The van der Waals surface area contributed by atoms with Crippen molar-refractivity contribution in [3.8, 4) is 17.2 Å². The number of carbonyl (C=O) groups is 1. The second-order valence-electron chi connectivity index (χ2n) is 6.95. The van der Waals surface area contributed by atoms with E-state index in [1.54, 1.807) is 6.26 Å². The quantitative estimate of drug-likeness (QED) is 0.334. The van der Waals surface area contributed by atoms with Crippen molar-refractivity contribution in [3.63, 3.8) is 0 Å². The lowest BCUT2D eigenvalue weighted by molar-refractivity contribution is -0.122. The SMILES string of the molecule is CCNC(=O)COc1cccc(CN=C(NCC)NCc2coc(-c3ccccc3)n2)c1. The zero-order chi connectivity index (χ0) is 22.6. The van der Waals surface area contributed by atoms with E-state index in [-0.39, 0.29) is 12.5 Å². The van der Waals surface area contributed by atoms with E-state index in [2.05, 4.69) is 25.9 Å². The monoisotopic (exact) mass is 435 g/mol. The first kappa shape index (κ1) is 22.9. The highest BCUT2D eigenvalue weighted by atomic mass is 16.5. The molecule has 0 unspecified atom stereocenters. The van der Waals surface area contributed by atoms with Crippen molar-refractivity contribution < 1.29 is 13.9 Å². The van der Waals surface area contributed by atoms with Crippen molar-refractivity contribution in [2.45, 2.75) is 26.9 Å². The fraction of sp³-hybridized carbons (Fsp3) is 0.292. The van der Waals surface area contributed by atoms with E-state index >= 15 is 0 Å². The van der Waals surface area contributed by atoms with E-state index in [0.29, 0.717) is 37.2 Å². The summed E-state index contributed by atoms with van der Waals surface area (Å²) in [7, 11) is 0. The van der Waals surface area contributed by atoms with Crippen LogP contribution in [0.15, 0.2) is 70.3 Å². The van der Waals surface area contributed by atoms with Gasteiger partial charge in [0, 0.05) is 18.7 Å². The number of aliphatic imine (C=N–C) groups is 1. The van der Waals surface area contributed by atoms with Gasteiger partial charge >= 0.3 is 0 Å². The lowest BCUT2D eigenvalue weighted by atomic mass is 10.2. The topological polar surface area (TPSA) is 101 Å². The minimum Gasteiger partial charge on any atom is -0.484 e. The summed E-state index contributed by atoms with van der Waals surface area (Å²) in [4.78, 5) is 20.7. The second kappa shape index (κ2) is 12.1. The van der Waals surface area contributed by atoms with Crippen molar-refractivity contribution >= 4 is 11.9 Å². The van der Waals surface area contributed by atoms with Gasteiger partial charge in [0.05, 0.1) is 18.8 Å². The van der Waals surface area contributed by atoms with Crippen molar-refractivity contribution in [1.82, 2.24) is 20.9 Å². The smallest absolute Gasteiger partial charge is 0.257 e. The number of hydrogen-bond acceptors (Lipinski definition) is 5. The third kappa shape index (κ3) is 7.16. The predicted molar refractivity (Wildman–Crippen MR) is 124 cm³/mol. The molecule has 0 aliphatic carbocycles. The molecule has 3 rings (SSSR count). The molecule has 8 heteroatoms. The highest BCUT2D eigenvalue weighted by Crippen LogP contribution is 2.18. The maximum atomic E-state index is 11.6. The third-order valence-corrected chi connectivity index (χ3v) is 4.42. The van der Waals surface area contributed by atoms with E-state index in [1.165, 1.54) is 0 Å². The highest BCUT2D eigenvalue weighted by Gasteiger charge is 2.07. The lowest BCUT2D eigenvalue weighted by Crippen LogP contribution is -2.36. The van der Waals surface area contributed by atoms with E-state index < -0.39 is 0 Å². The Labute approximate surface area is 188 Å². The maximum Gasteiger partial charge on any atom is 0.257 e. The van der Waals surface area contributed by atoms with Crippen LogP contribution in [0.4, 0.5) is 0 Å². The number of oxazole rings is 1. The van der Waals surface area contributed by atoms with Crippen molar-refractivity contribution in [1.29, 1.82) is 0 Å². The molecule has 0 saturated carbocycles. The third-order valence-electron chi connectivity index (χ3n) is 4.42. The van der Waals surface area contributed by atoms with Crippen LogP contribution in [-0.4, -0.2) is 36.5 Å². The van der Waals surface area contributed by atoms with Crippen molar-refractivity contribution in [2.75, 3.05) is 19.7 Å². The van der Waals surface area contributed by atoms with Crippen LogP contribution in [-0.2, 0) is 17.9 Å². The summed E-state index contributed by atoms with van der Waals surface area (Å²) in [5.41, 5.74) is 2.70. The first-order valence-corrected chi connectivity index (χ1v) is 10.7. The largest absolute Gasteiger partial charge is 0.484 e. The number of aromatic nitrogens is 1. The number of guanidine groups is 1. The molecule has 32 heavy (non-hydrogen) atoms. The molecule has 2 aromatic carbocycles. The molecule has 0 saturated heterocycles. The number of hydrogen-bond donors (Lipinski definition) is 3. The minimum absolute atomic E-state index is 0.00652. The van der Waals surface area contributed by atoms with E-state index in [9.17, 15) is 4.79 Å². The van der Waals surface area contributed by atoms with E-state index in [1.807, 2.05) is 68.4 Å². The molecular weight excluding hydrogens is 406 g/mol. The zero-order valence-corrected chi connectivity index (χ0v) is 18.4. The van der Waals surface area contributed by atoms with Crippen molar-refractivity contribution in [2.24, 2.45) is 4.99 Å². The molecular formula is C24H29N5O3. The van der Waals surface area contributed by atoms with Crippen LogP contribution in [0.1, 0.15) is 25.1 Å². The molecule has 8 nitrogen and oxygen atoms in total. The van der Waals surface area contributed by atoms with Gasteiger partial charge in [-0.1, -0.05) is 30.3 Å². The number of likely N-dealkylation sites (N-methyl/N-ethyl adjacent to an activating group) is 1. The molecule has 3 N–H and O–H groups in total. The average Bonchev–Trinajstić information content (AvgIpc) is 3.30. The van der Waals surface area contributed by atoms with Gasteiger partial charge in [0.1, 0.15) is 12.0 Å². The Hall–Kier alpha value is -3.81. The number of ether oxygens (including phenoxy) is 1. The molecule has 3 aromatic rings. The normalized spacial score (nSPS) is 11.1. The molecule has 0 fully saturated rings. The van der Waals surface area contributed by atoms with Crippen LogP contribution < -0.4 is 20.7 Å². The molecule has 1 amide bonds. The molecule has 0 bridgehead atoms. The van der Waals surface area contributed by atoms with Gasteiger partial charge in [0.25, 0.3) is 5.91 Å². The average molecular weight is 436 g/mol. The Balaban J connectivity index is 1.56. The van der Waals surface area contributed by atoms with Gasteiger partial charge < -0.3 is 25.1 Å². The molecule has 0 aliphatic rings. The zero-order valence-electron chi connectivity index (χ0n) is 18.4. The maximum absolute atomic E-state index is 11.6. The molecule has 0 atom stereocenters. The summed E-state index contributed by atoms with van der Waals surface area (Å²) in [5.74, 6) is 1.76. The Morgan fingerprint density at radius 3 is 2.62 bits per heavy atom. The van der Waals surface area contributed by atoms with Gasteiger partial charge in [-0.25, -0.2) is 9.98 Å². The van der Waals surface area contributed by atoms with Crippen LogP contribution >= 0.6 is 0 Å². The van der Waals surface area contributed by atoms with Crippen LogP contribution in [0.25, 0.3) is 11.5 Å². The van der Waals surface area contributed by atoms with Gasteiger partial charge in [0.2, 0.25) is 5.89 Å². The van der Waals surface area contributed by atoms with Gasteiger partial charge in [-0.3, -0.25) is 4.79 Å². The number of amides is 1. The fourth-order valence-corrected chi connectivity index (χ4v) is 2.92. The standard InChI is InChI=1S/C24H29N5O3/c1-3-25-22(30)17-31-21-12-8-9-18(13-21)14-27-24(26-4-2)28-15-20-16-32-23(29-20)19-10-6-5-7-11-19/h5-13,16H,3-4,14-15,17H2,1-2H3,(H,25,30)(H2,26,27,28). The Kier molecular flexibility index (Phi) is 8.68. The van der Waals surface area contributed by atoms with Crippen LogP contribution in [0, 0.1) is 0 Å². The Morgan fingerprint density at radius 2 is 1.84 bits per heavy atom. The van der Waals surface area contributed by atoms with Crippen LogP contribution in [0.2, 0.25) is 0 Å². The molecule has 168 valence electrons. The molecule has 0 spiro atoms. The summed E-state index contributed by atoms with van der Waals surface area (Å²) >= 11 is 0. The Bertz CT molecular complexity index is 1020. The second-order valence-corrected chi connectivity index (χ2v) is 6.95. The van der Waals surface area contributed by atoms with Gasteiger partial charge in [0.15, 0.2) is 12.6 Å². The Morgan fingerprint density at radius 1 is 1.03 bits per heavy atom. The van der Waals surface area contributed by atoms with Gasteiger partial charge in [-0.2, -0.15) is 0 Å². The fourth-order valence-electron chi connectivity index (χ4n) is 2.92. The molecule has 0 aliphatic heterocycles. The number of nitrogens with one attached hydrogen (secondary N) is 3.